The molecule has 0 atom stereocenters. The van der Waals surface area contributed by atoms with Crippen molar-refractivity contribution in [3.05, 3.63) is 47.2 Å². The second-order valence-electron chi connectivity index (χ2n) is 4.12. The molecule has 5 heteroatoms. The van der Waals surface area contributed by atoms with Gasteiger partial charge in [0.25, 0.3) is 0 Å². The molecule has 0 saturated heterocycles. The summed E-state index contributed by atoms with van der Waals surface area (Å²) < 4.78 is 10.7. The summed E-state index contributed by atoms with van der Waals surface area (Å²) in [5.41, 5.74) is 1.65. The molecule has 20 heavy (non-hydrogen) atoms. The van der Waals surface area contributed by atoms with Crippen LogP contribution in [0.15, 0.2) is 30.5 Å². The molecule has 0 saturated carbocycles. The number of carbonyl (C=O) groups excluding carboxylic acids is 1. The largest absolute Gasteiger partial charge is 0.497 e. The summed E-state index contributed by atoms with van der Waals surface area (Å²) in [7, 11) is 1.52. The summed E-state index contributed by atoms with van der Waals surface area (Å²) in [4.78, 5) is 14.7. The van der Waals surface area contributed by atoms with Gasteiger partial charge in [-0.25, -0.2) is 4.98 Å². The number of hydrogen-bond acceptors (Lipinski definition) is 5. The standard InChI is InChI=1S/C15H12N2O3/c1-10-3-12(9-18)8-17-15(10)20-14-5-11(7-16)4-13(6-14)19-2/h3-6,8-9H,1-2H3. The molecule has 1 aromatic heterocycles. The van der Waals surface area contributed by atoms with Crippen molar-refractivity contribution in [1.29, 1.82) is 5.26 Å². The Morgan fingerprint density at radius 3 is 2.60 bits per heavy atom. The van der Waals surface area contributed by atoms with Crippen molar-refractivity contribution in [2.24, 2.45) is 0 Å². The Kier molecular flexibility index (Phi) is 3.96. The Hall–Kier alpha value is -2.87. The smallest absolute Gasteiger partial charge is 0.222 e. The van der Waals surface area contributed by atoms with Crippen LogP contribution in [0.5, 0.6) is 17.4 Å². The second kappa shape index (κ2) is 5.85. The van der Waals surface area contributed by atoms with Crippen molar-refractivity contribution in [2.45, 2.75) is 6.92 Å². The van der Waals surface area contributed by atoms with Gasteiger partial charge in [0.2, 0.25) is 5.88 Å². The lowest BCUT2D eigenvalue weighted by Crippen LogP contribution is -1.94. The van der Waals surface area contributed by atoms with Crippen LogP contribution in [-0.4, -0.2) is 18.4 Å². The van der Waals surface area contributed by atoms with E-state index < -0.39 is 0 Å². The number of ether oxygens (including phenoxy) is 2. The third-order valence-corrected chi connectivity index (χ3v) is 2.65. The summed E-state index contributed by atoms with van der Waals surface area (Å²) in [6.45, 7) is 1.79. The van der Waals surface area contributed by atoms with E-state index in [2.05, 4.69) is 4.98 Å². The number of nitrogens with zero attached hydrogens (tertiary/aromatic N) is 2. The van der Waals surface area contributed by atoms with Crippen molar-refractivity contribution < 1.29 is 14.3 Å². The van der Waals surface area contributed by atoms with E-state index in [4.69, 9.17) is 14.7 Å². The van der Waals surface area contributed by atoms with Gasteiger partial charge in [-0.15, -0.1) is 0 Å². The van der Waals surface area contributed by atoms with Crippen LogP contribution in [0.4, 0.5) is 0 Å². The lowest BCUT2D eigenvalue weighted by atomic mass is 10.2. The van der Waals surface area contributed by atoms with Gasteiger partial charge in [0, 0.05) is 23.4 Å². The zero-order valence-corrected chi connectivity index (χ0v) is 11.1. The number of aromatic nitrogens is 1. The monoisotopic (exact) mass is 268 g/mol. The Morgan fingerprint density at radius 2 is 2.00 bits per heavy atom. The molecule has 2 aromatic rings. The fourth-order valence-electron chi connectivity index (χ4n) is 1.68. The predicted molar refractivity (Wildman–Crippen MR) is 72.1 cm³/mol. The minimum atomic E-state index is 0.382. The van der Waals surface area contributed by atoms with Gasteiger partial charge in [0.1, 0.15) is 11.5 Å². The summed E-state index contributed by atoms with van der Waals surface area (Å²) in [5.74, 6) is 1.37. The maximum Gasteiger partial charge on any atom is 0.222 e. The van der Waals surface area contributed by atoms with Crippen molar-refractivity contribution in [3.8, 4) is 23.4 Å². The number of aldehydes is 1. The van der Waals surface area contributed by atoms with Gasteiger partial charge >= 0.3 is 0 Å². The zero-order valence-electron chi connectivity index (χ0n) is 11.1. The SMILES string of the molecule is COc1cc(C#N)cc(Oc2ncc(C=O)cc2C)c1. The van der Waals surface area contributed by atoms with Crippen LogP contribution in [0.2, 0.25) is 0 Å². The average molecular weight is 268 g/mol. The first-order chi connectivity index (χ1) is 9.66. The van der Waals surface area contributed by atoms with Crippen LogP contribution < -0.4 is 9.47 Å². The third kappa shape index (κ3) is 2.93. The normalized spacial score (nSPS) is 9.65. The molecule has 2 rings (SSSR count). The summed E-state index contributed by atoms with van der Waals surface area (Å²) in [6, 6.07) is 8.59. The molecule has 0 aliphatic carbocycles. The minimum absolute atomic E-state index is 0.382. The van der Waals surface area contributed by atoms with Gasteiger partial charge in [0.15, 0.2) is 6.29 Å². The number of nitriles is 1. The fraction of sp³-hybridized carbons (Fsp3) is 0.133. The van der Waals surface area contributed by atoms with Gasteiger partial charge < -0.3 is 9.47 Å². The number of aryl methyl sites for hydroxylation is 1. The highest BCUT2D eigenvalue weighted by Gasteiger charge is 2.07. The van der Waals surface area contributed by atoms with Gasteiger partial charge in [0.05, 0.1) is 18.7 Å². The molecule has 0 spiro atoms. The van der Waals surface area contributed by atoms with Gasteiger partial charge in [-0.1, -0.05) is 0 Å². The molecule has 1 heterocycles. The van der Waals surface area contributed by atoms with E-state index in [-0.39, 0.29) is 0 Å². The summed E-state index contributed by atoms with van der Waals surface area (Å²) >= 11 is 0. The van der Waals surface area contributed by atoms with Gasteiger partial charge in [-0.2, -0.15) is 5.26 Å². The quantitative estimate of drug-likeness (QED) is 0.797. The number of hydrogen-bond donors (Lipinski definition) is 0. The van der Waals surface area contributed by atoms with E-state index in [0.29, 0.717) is 28.5 Å². The highest BCUT2D eigenvalue weighted by molar-refractivity contribution is 5.74. The molecule has 0 bridgehead atoms. The highest BCUT2D eigenvalue weighted by Crippen LogP contribution is 2.27. The van der Waals surface area contributed by atoms with Crippen LogP contribution in [-0.2, 0) is 0 Å². The van der Waals surface area contributed by atoms with Crippen LogP contribution >= 0.6 is 0 Å². The average Bonchev–Trinajstić information content (AvgIpc) is 2.48. The Morgan fingerprint density at radius 1 is 1.25 bits per heavy atom. The van der Waals surface area contributed by atoms with Crippen molar-refractivity contribution >= 4 is 6.29 Å². The van der Waals surface area contributed by atoms with Crippen LogP contribution in [0, 0.1) is 18.3 Å². The first-order valence-corrected chi connectivity index (χ1v) is 5.85. The first-order valence-electron chi connectivity index (χ1n) is 5.85. The molecular weight excluding hydrogens is 256 g/mol. The molecule has 0 radical (unpaired) electrons. The van der Waals surface area contributed by atoms with Gasteiger partial charge in [-0.3, -0.25) is 4.79 Å². The lowest BCUT2D eigenvalue weighted by molar-refractivity contribution is 0.112. The molecule has 5 nitrogen and oxygen atoms in total. The molecular formula is C15H12N2O3. The number of pyridine rings is 1. The minimum Gasteiger partial charge on any atom is -0.497 e. The second-order valence-corrected chi connectivity index (χ2v) is 4.12. The summed E-state index contributed by atoms with van der Waals surface area (Å²) in [5, 5.41) is 8.96. The topological polar surface area (TPSA) is 72.2 Å². The molecule has 0 N–H and O–H groups in total. The van der Waals surface area contributed by atoms with Crippen LogP contribution in [0.1, 0.15) is 21.5 Å². The van der Waals surface area contributed by atoms with E-state index in [1.54, 1.807) is 31.2 Å². The van der Waals surface area contributed by atoms with Crippen molar-refractivity contribution in [3.63, 3.8) is 0 Å². The Balaban J connectivity index is 2.34. The maximum absolute atomic E-state index is 10.7. The van der Waals surface area contributed by atoms with E-state index >= 15 is 0 Å². The third-order valence-electron chi connectivity index (χ3n) is 2.65. The van der Waals surface area contributed by atoms with Crippen LogP contribution in [0.3, 0.4) is 0 Å². The molecule has 0 fully saturated rings. The number of benzene rings is 1. The molecule has 0 amide bonds. The molecule has 100 valence electrons. The first kappa shape index (κ1) is 13.6. The molecule has 0 aliphatic heterocycles. The van der Waals surface area contributed by atoms with Crippen molar-refractivity contribution in [2.75, 3.05) is 7.11 Å². The van der Waals surface area contributed by atoms with Crippen molar-refractivity contribution in [1.82, 2.24) is 4.98 Å². The fourth-order valence-corrected chi connectivity index (χ4v) is 1.68. The lowest BCUT2D eigenvalue weighted by Gasteiger charge is -2.09. The molecule has 0 unspecified atom stereocenters. The van der Waals surface area contributed by atoms with Crippen LogP contribution in [0.25, 0.3) is 0 Å². The number of rotatable bonds is 4. The molecule has 0 aliphatic rings. The number of carbonyl (C=O) groups is 1. The maximum atomic E-state index is 10.7. The molecule has 1 aromatic carbocycles. The number of methoxy groups -OCH3 is 1. The Labute approximate surface area is 116 Å². The van der Waals surface area contributed by atoms with E-state index in [1.165, 1.54) is 13.3 Å². The predicted octanol–water partition coefficient (Wildman–Crippen LogP) is 2.88. The van der Waals surface area contributed by atoms with E-state index in [1.807, 2.05) is 6.07 Å². The zero-order chi connectivity index (χ0) is 14.5. The highest BCUT2D eigenvalue weighted by atomic mass is 16.5. The van der Waals surface area contributed by atoms with E-state index in [0.717, 1.165) is 11.8 Å². The Bertz CT molecular complexity index is 690. The summed E-state index contributed by atoms with van der Waals surface area (Å²) in [6.07, 6.45) is 2.16. The van der Waals surface area contributed by atoms with Gasteiger partial charge in [-0.05, 0) is 25.1 Å². The van der Waals surface area contributed by atoms with E-state index in [9.17, 15) is 4.79 Å².